The number of nitrogens with zero attached hydrogens (tertiary/aromatic N) is 1. The van der Waals surface area contributed by atoms with E-state index in [0.717, 1.165) is 32.6 Å². The number of imidazole rings is 1. The van der Waals surface area contributed by atoms with Gasteiger partial charge in [0.25, 0.3) is 0 Å². The minimum Gasteiger partial charge on any atom is -0.428 e. The van der Waals surface area contributed by atoms with Crippen LogP contribution in [0.5, 0.6) is 5.75 Å². The highest BCUT2D eigenvalue weighted by Gasteiger charge is 2.05. The largest absolute Gasteiger partial charge is 0.428 e. The van der Waals surface area contributed by atoms with Crippen LogP contribution in [-0.4, -0.2) is 9.97 Å². The summed E-state index contributed by atoms with van der Waals surface area (Å²) in [5, 5.41) is 0. The van der Waals surface area contributed by atoms with E-state index in [2.05, 4.69) is 25.9 Å². The summed E-state index contributed by atoms with van der Waals surface area (Å²) in [6, 6.07) is 13.8. The molecule has 0 aliphatic carbocycles. The highest BCUT2D eigenvalue weighted by Crippen LogP contribution is 2.25. The van der Waals surface area contributed by atoms with Crippen LogP contribution < -0.4 is 3.07 Å². The van der Waals surface area contributed by atoms with Crippen LogP contribution in [0.2, 0.25) is 0 Å². The molecule has 0 amide bonds. The molecule has 1 aromatic heterocycles. The normalized spacial score (nSPS) is 10.8. The molecule has 0 spiro atoms. The van der Waals surface area contributed by atoms with Gasteiger partial charge in [-0.15, -0.1) is 0 Å². The number of benzene rings is 2. The Morgan fingerprint density at radius 1 is 1.11 bits per heavy atom. The zero-order valence-electron chi connectivity index (χ0n) is 9.15. The van der Waals surface area contributed by atoms with Crippen LogP contribution in [0.4, 0.5) is 0 Å². The van der Waals surface area contributed by atoms with Crippen molar-refractivity contribution >= 4 is 50.0 Å². The van der Waals surface area contributed by atoms with Crippen molar-refractivity contribution in [3.8, 4) is 17.1 Å². The standard InChI is InChI=1S/C13H8BrIN2O/c14-9-3-6-11-12(7-9)17-13(16-11)8-1-4-10(18-15)5-2-8/h1-7H,(H,16,17). The lowest BCUT2D eigenvalue weighted by molar-refractivity contribution is 0.717. The van der Waals surface area contributed by atoms with Crippen LogP contribution in [0, 0.1) is 0 Å². The maximum Gasteiger partial charge on any atom is 0.192 e. The molecule has 0 saturated heterocycles. The quantitative estimate of drug-likeness (QED) is 0.616. The molecule has 5 heteroatoms. The second-order valence-corrected chi connectivity index (χ2v) is 5.20. The third-order valence-electron chi connectivity index (χ3n) is 2.66. The SMILES string of the molecule is Brc1ccc2nc(-c3ccc(OI)cc3)[nH]c2c1. The van der Waals surface area contributed by atoms with E-state index >= 15 is 0 Å². The lowest BCUT2D eigenvalue weighted by Gasteiger charge is -1.98. The van der Waals surface area contributed by atoms with Crippen LogP contribution >= 0.6 is 38.9 Å². The van der Waals surface area contributed by atoms with Crippen LogP contribution in [0.1, 0.15) is 0 Å². The number of H-pyrrole nitrogens is 1. The number of aromatic nitrogens is 2. The van der Waals surface area contributed by atoms with E-state index in [1.165, 1.54) is 0 Å². The van der Waals surface area contributed by atoms with Gasteiger partial charge in [-0.25, -0.2) is 4.98 Å². The zero-order valence-corrected chi connectivity index (χ0v) is 12.9. The molecule has 0 bridgehead atoms. The number of halogens is 2. The van der Waals surface area contributed by atoms with Crippen molar-refractivity contribution < 1.29 is 3.07 Å². The Labute approximate surface area is 126 Å². The van der Waals surface area contributed by atoms with Gasteiger partial charge in [-0.2, -0.15) is 0 Å². The van der Waals surface area contributed by atoms with Gasteiger partial charge in [0.15, 0.2) is 23.0 Å². The van der Waals surface area contributed by atoms with Crippen LogP contribution in [0.3, 0.4) is 0 Å². The summed E-state index contributed by atoms with van der Waals surface area (Å²) in [5.74, 6) is 1.70. The lowest BCUT2D eigenvalue weighted by Crippen LogP contribution is -1.80. The average Bonchev–Trinajstić information content (AvgIpc) is 2.81. The van der Waals surface area contributed by atoms with Gasteiger partial charge in [0.2, 0.25) is 0 Å². The van der Waals surface area contributed by atoms with Gasteiger partial charge in [-0.1, -0.05) is 15.9 Å². The van der Waals surface area contributed by atoms with Crippen molar-refractivity contribution in [3.05, 3.63) is 46.9 Å². The fourth-order valence-corrected chi connectivity index (χ4v) is 2.44. The molecule has 0 aliphatic heterocycles. The Kier molecular flexibility index (Phi) is 3.25. The van der Waals surface area contributed by atoms with Crippen molar-refractivity contribution in [1.29, 1.82) is 0 Å². The van der Waals surface area contributed by atoms with E-state index in [0.29, 0.717) is 0 Å². The molecule has 90 valence electrons. The maximum absolute atomic E-state index is 5.11. The summed E-state index contributed by atoms with van der Waals surface area (Å²) in [5.41, 5.74) is 3.02. The Morgan fingerprint density at radius 3 is 2.61 bits per heavy atom. The van der Waals surface area contributed by atoms with Crippen molar-refractivity contribution in [2.75, 3.05) is 0 Å². The number of fused-ring (bicyclic) bond motifs is 1. The van der Waals surface area contributed by atoms with E-state index in [1.807, 2.05) is 65.5 Å². The van der Waals surface area contributed by atoms with Crippen LogP contribution in [0.25, 0.3) is 22.4 Å². The smallest absolute Gasteiger partial charge is 0.192 e. The zero-order chi connectivity index (χ0) is 12.5. The summed E-state index contributed by atoms with van der Waals surface area (Å²) >= 11 is 5.32. The highest BCUT2D eigenvalue weighted by molar-refractivity contribution is 14.1. The molecule has 2 aromatic carbocycles. The van der Waals surface area contributed by atoms with Gasteiger partial charge in [-0.05, 0) is 42.5 Å². The van der Waals surface area contributed by atoms with Crippen LogP contribution in [0.15, 0.2) is 46.9 Å². The minimum absolute atomic E-state index is 0.832. The summed E-state index contributed by atoms with van der Waals surface area (Å²) in [7, 11) is 0. The molecule has 18 heavy (non-hydrogen) atoms. The summed E-state index contributed by atoms with van der Waals surface area (Å²) in [4.78, 5) is 7.87. The third kappa shape index (κ3) is 2.24. The molecule has 0 fully saturated rings. The third-order valence-corrected chi connectivity index (χ3v) is 3.66. The Hall–Kier alpha value is -1.08. The van der Waals surface area contributed by atoms with E-state index in [4.69, 9.17) is 3.07 Å². The topological polar surface area (TPSA) is 37.9 Å². The first kappa shape index (κ1) is 12.0. The number of rotatable bonds is 2. The van der Waals surface area contributed by atoms with Crippen molar-refractivity contribution in [2.45, 2.75) is 0 Å². The molecule has 0 radical (unpaired) electrons. The molecule has 1 heterocycles. The van der Waals surface area contributed by atoms with Crippen molar-refractivity contribution in [1.82, 2.24) is 9.97 Å². The van der Waals surface area contributed by atoms with Gasteiger partial charge in [0, 0.05) is 10.0 Å². The fourth-order valence-electron chi connectivity index (χ4n) is 1.78. The van der Waals surface area contributed by atoms with Gasteiger partial charge in [0.1, 0.15) is 11.6 Å². The predicted octanol–water partition coefficient (Wildman–Crippen LogP) is 4.72. The Morgan fingerprint density at radius 2 is 1.89 bits per heavy atom. The number of hydrogen-bond acceptors (Lipinski definition) is 2. The van der Waals surface area contributed by atoms with Crippen molar-refractivity contribution in [2.24, 2.45) is 0 Å². The van der Waals surface area contributed by atoms with Gasteiger partial charge in [-0.3, -0.25) is 0 Å². The van der Waals surface area contributed by atoms with Gasteiger partial charge < -0.3 is 8.05 Å². The molecule has 1 N–H and O–H groups in total. The van der Waals surface area contributed by atoms with Crippen molar-refractivity contribution in [3.63, 3.8) is 0 Å². The summed E-state index contributed by atoms with van der Waals surface area (Å²) < 4.78 is 6.15. The van der Waals surface area contributed by atoms with E-state index in [1.54, 1.807) is 0 Å². The first-order chi connectivity index (χ1) is 8.76. The minimum atomic E-state index is 0.832. The second-order valence-electron chi connectivity index (χ2n) is 3.85. The lowest BCUT2D eigenvalue weighted by atomic mass is 10.2. The molecule has 3 aromatic rings. The summed E-state index contributed by atoms with van der Waals surface area (Å²) in [6.07, 6.45) is 0. The molecule has 3 nitrogen and oxygen atoms in total. The second kappa shape index (κ2) is 4.89. The molecule has 0 saturated carbocycles. The molecule has 0 aliphatic rings. The molecule has 0 atom stereocenters. The number of aromatic amines is 1. The number of hydrogen-bond donors (Lipinski definition) is 1. The van der Waals surface area contributed by atoms with Gasteiger partial charge >= 0.3 is 0 Å². The fraction of sp³-hybridized carbons (Fsp3) is 0. The molecule has 0 unspecified atom stereocenters. The maximum atomic E-state index is 5.11. The average molecular weight is 415 g/mol. The highest BCUT2D eigenvalue weighted by atomic mass is 127. The Bertz CT molecular complexity index is 694. The molecular weight excluding hydrogens is 407 g/mol. The Balaban J connectivity index is 2.07. The predicted molar refractivity (Wildman–Crippen MR) is 83.9 cm³/mol. The number of nitrogens with one attached hydrogen (secondary N) is 1. The van der Waals surface area contributed by atoms with E-state index < -0.39 is 0 Å². The van der Waals surface area contributed by atoms with Crippen LogP contribution in [-0.2, 0) is 0 Å². The van der Waals surface area contributed by atoms with Gasteiger partial charge in [0.05, 0.1) is 11.0 Å². The summed E-state index contributed by atoms with van der Waals surface area (Å²) in [6.45, 7) is 0. The van der Waals surface area contributed by atoms with E-state index in [-0.39, 0.29) is 0 Å². The monoisotopic (exact) mass is 414 g/mol. The molecular formula is C13H8BrIN2O. The first-order valence-corrected chi connectivity index (χ1v) is 6.98. The first-order valence-electron chi connectivity index (χ1n) is 5.30. The molecule has 3 rings (SSSR count). The van der Waals surface area contributed by atoms with E-state index in [9.17, 15) is 0 Å².